The molecule has 0 aromatic heterocycles. The predicted molar refractivity (Wildman–Crippen MR) is 88.4 cm³/mol. The van der Waals surface area contributed by atoms with Crippen molar-refractivity contribution < 1.29 is 16.8 Å². The molecular formula is C10H10Cl4N2O4S2. The van der Waals surface area contributed by atoms with Crippen molar-refractivity contribution in [1.29, 1.82) is 0 Å². The molecule has 1 aromatic rings. The minimum atomic E-state index is -4.05. The van der Waals surface area contributed by atoms with Crippen molar-refractivity contribution in [2.24, 2.45) is 0 Å². The van der Waals surface area contributed by atoms with Gasteiger partial charge >= 0.3 is 0 Å². The number of hydrogen-bond acceptors (Lipinski definition) is 4. The molecule has 1 aromatic carbocycles. The summed E-state index contributed by atoms with van der Waals surface area (Å²) in [5.41, 5.74) is -0.129. The quantitative estimate of drug-likeness (QED) is 0.754. The largest absolute Gasteiger partial charge is 0.241 e. The normalized spacial score (nSPS) is 12.3. The van der Waals surface area contributed by atoms with Gasteiger partial charge in [0.1, 0.15) is 9.39 Å². The molecule has 0 amide bonds. The maximum Gasteiger partial charge on any atom is 0.241 e. The fourth-order valence-electron chi connectivity index (χ4n) is 1.46. The molecule has 22 heavy (non-hydrogen) atoms. The summed E-state index contributed by atoms with van der Waals surface area (Å²) in [6.07, 6.45) is 0. The van der Waals surface area contributed by atoms with Crippen LogP contribution in [0.25, 0.3) is 5.03 Å². The van der Waals surface area contributed by atoms with Crippen LogP contribution in [0.15, 0.2) is 26.4 Å². The van der Waals surface area contributed by atoms with E-state index in [0.29, 0.717) is 0 Å². The number of benzene rings is 1. The molecule has 0 heterocycles. The first kappa shape index (κ1) is 20.0. The van der Waals surface area contributed by atoms with Gasteiger partial charge in [-0.2, -0.15) is 0 Å². The summed E-state index contributed by atoms with van der Waals surface area (Å²) < 4.78 is 51.7. The summed E-state index contributed by atoms with van der Waals surface area (Å²) >= 11 is 22.9. The Bertz CT molecular complexity index is 831. The molecule has 2 N–H and O–H groups in total. The molecule has 0 bridgehead atoms. The Labute approximate surface area is 148 Å². The Hall–Kier alpha value is -0.0600. The lowest BCUT2D eigenvalue weighted by atomic mass is 10.2. The Balaban J connectivity index is 3.92. The van der Waals surface area contributed by atoms with E-state index in [2.05, 4.69) is 4.72 Å². The molecule has 0 aliphatic carbocycles. The third kappa shape index (κ3) is 4.07. The van der Waals surface area contributed by atoms with Crippen LogP contribution in [-0.2, 0) is 20.0 Å². The lowest BCUT2D eigenvalue weighted by molar-refractivity contribution is 0.586. The molecule has 1 rings (SSSR count). The van der Waals surface area contributed by atoms with Crippen molar-refractivity contribution in [2.75, 3.05) is 14.1 Å². The first-order valence-electron chi connectivity index (χ1n) is 5.39. The van der Waals surface area contributed by atoms with Crippen molar-refractivity contribution >= 4 is 71.5 Å². The molecule has 0 saturated carbocycles. The van der Waals surface area contributed by atoms with Gasteiger partial charge in [0.15, 0.2) is 0 Å². The Morgan fingerprint density at radius 3 is 1.77 bits per heavy atom. The fourth-order valence-corrected chi connectivity index (χ4v) is 4.17. The van der Waals surface area contributed by atoms with E-state index in [0.717, 1.165) is 26.2 Å². The minimum Gasteiger partial charge on any atom is -0.214 e. The average Bonchev–Trinajstić information content (AvgIpc) is 2.45. The first-order chi connectivity index (χ1) is 9.97. The second-order valence-corrected chi connectivity index (χ2v) is 9.21. The summed E-state index contributed by atoms with van der Waals surface area (Å²) in [5, 5.41) is -0.528. The molecule has 0 spiro atoms. The van der Waals surface area contributed by atoms with E-state index in [1.165, 1.54) is 0 Å². The summed E-state index contributed by atoms with van der Waals surface area (Å²) in [6, 6.07) is 1.93. The van der Waals surface area contributed by atoms with Crippen molar-refractivity contribution in [3.05, 3.63) is 27.2 Å². The SMILES string of the molecule is CNS(=O)(=O)c1cc(S(=O)(=O)NC)c(C(Cl)=C(Cl)Cl)cc1Cl. The smallest absolute Gasteiger partial charge is 0.214 e. The van der Waals surface area contributed by atoms with E-state index in [1.807, 2.05) is 4.72 Å². The van der Waals surface area contributed by atoms with Crippen molar-refractivity contribution in [3.63, 3.8) is 0 Å². The number of nitrogens with one attached hydrogen (secondary N) is 2. The van der Waals surface area contributed by atoms with Gasteiger partial charge in [-0.25, -0.2) is 26.3 Å². The van der Waals surface area contributed by atoms with E-state index in [4.69, 9.17) is 46.4 Å². The number of halogens is 4. The Morgan fingerprint density at radius 2 is 1.36 bits per heavy atom. The molecule has 0 aliphatic rings. The highest BCUT2D eigenvalue weighted by atomic mass is 35.5. The highest BCUT2D eigenvalue weighted by Gasteiger charge is 2.26. The summed E-state index contributed by atoms with van der Waals surface area (Å²) in [6.45, 7) is 0. The highest BCUT2D eigenvalue weighted by Crippen LogP contribution is 2.36. The fraction of sp³-hybridized carbons (Fsp3) is 0.200. The van der Waals surface area contributed by atoms with Gasteiger partial charge in [-0.15, -0.1) is 0 Å². The number of hydrogen-bond donors (Lipinski definition) is 2. The molecule has 0 fully saturated rings. The van der Waals surface area contributed by atoms with Crippen LogP contribution in [0.3, 0.4) is 0 Å². The summed E-state index contributed by atoms with van der Waals surface area (Å²) in [4.78, 5) is -0.860. The van der Waals surface area contributed by atoms with Gasteiger partial charge in [0, 0.05) is 5.56 Å². The molecule has 0 unspecified atom stereocenters. The van der Waals surface area contributed by atoms with Crippen LogP contribution in [0.1, 0.15) is 5.56 Å². The van der Waals surface area contributed by atoms with Crippen LogP contribution in [0.4, 0.5) is 0 Å². The molecule has 0 aliphatic heterocycles. The second kappa shape index (κ2) is 7.23. The third-order valence-electron chi connectivity index (χ3n) is 2.55. The third-order valence-corrected chi connectivity index (χ3v) is 6.85. The van der Waals surface area contributed by atoms with Crippen LogP contribution in [0.5, 0.6) is 0 Å². The van der Waals surface area contributed by atoms with Crippen LogP contribution in [0.2, 0.25) is 5.02 Å². The molecule has 124 valence electrons. The van der Waals surface area contributed by atoms with Crippen molar-refractivity contribution in [3.8, 4) is 0 Å². The molecular weight excluding hydrogens is 418 g/mol. The van der Waals surface area contributed by atoms with Crippen molar-refractivity contribution in [2.45, 2.75) is 9.79 Å². The van der Waals surface area contributed by atoms with E-state index in [-0.39, 0.29) is 15.6 Å². The first-order valence-corrected chi connectivity index (χ1v) is 9.87. The lowest BCUT2D eigenvalue weighted by Crippen LogP contribution is -2.23. The summed E-state index contributed by atoms with van der Waals surface area (Å²) in [7, 11) is -5.72. The number of rotatable bonds is 5. The molecule has 6 nitrogen and oxygen atoms in total. The molecule has 0 atom stereocenters. The average molecular weight is 428 g/mol. The maximum absolute atomic E-state index is 12.1. The van der Waals surface area contributed by atoms with Gasteiger partial charge in [0.2, 0.25) is 20.0 Å². The van der Waals surface area contributed by atoms with Crippen LogP contribution >= 0.6 is 46.4 Å². The van der Waals surface area contributed by atoms with E-state index < -0.39 is 34.3 Å². The zero-order chi connectivity index (χ0) is 17.3. The zero-order valence-electron chi connectivity index (χ0n) is 11.1. The Kier molecular flexibility index (Phi) is 6.57. The molecule has 12 heteroatoms. The summed E-state index contributed by atoms with van der Waals surface area (Å²) in [5.74, 6) is 0. The van der Waals surface area contributed by atoms with Crippen LogP contribution < -0.4 is 9.44 Å². The molecule has 0 saturated heterocycles. The Morgan fingerprint density at radius 1 is 0.909 bits per heavy atom. The van der Waals surface area contributed by atoms with E-state index in [1.54, 1.807) is 0 Å². The van der Waals surface area contributed by atoms with Gasteiger partial charge in [-0.3, -0.25) is 0 Å². The van der Waals surface area contributed by atoms with E-state index >= 15 is 0 Å². The van der Waals surface area contributed by atoms with Gasteiger partial charge in [-0.05, 0) is 26.2 Å². The van der Waals surface area contributed by atoms with Gasteiger partial charge < -0.3 is 0 Å². The maximum atomic E-state index is 12.1. The van der Waals surface area contributed by atoms with Gasteiger partial charge in [0.05, 0.1) is 15.0 Å². The number of sulfonamides is 2. The van der Waals surface area contributed by atoms with E-state index in [9.17, 15) is 16.8 Å². The van der Waals surface area contributed by atoms with Gasteiger partial charge in [-0.1, -0.05) is 46.4 Å². The highest BCUT2D eigenvalue weighted by molar-refractivity contribution is 7.90. The topological polar surface area (TPSA) is 92.3 Å². The second-order valence-electron chi connectivity index (χ2n) is 3.77. The zero-order valence-corrected chi connectivity index (χ0v) is 15.8. The minimum absolute atomic E-state index is 0.129. The van der Waals surface area contributed by atoms with Gasteiger partial charge in [0.25, 0.3) is 0 Å². The standard InChI is InChI=1S/C10H10Cl4N2O4S2/c1-15-21(17,18)7-4-8(22(19,20)16-2)6(11)3-5(7)9(12)10(13)14/h3-4,15-16H,1-2H3. The predicted octanol–water partition coefficient (Wildman–Crippen LogP) is 2.50. The van der Waals surface area contributed by atoms with Crippen LogP contribution in [0, 0.1) is 0 Å². The molecule has 0 radical (unpaired) electrons. The van der Waals surface area contributed by atoms with Crippen LogP contribution in [-0.4, -0.2) is 30.9 Å². The van der Waals surface area contributed by atoms with Crippen molar-refractivity contribution in [1.82, 2.24) is 9.44 Å². The monoisotopic (exact) mass is 426 g/mol. The lowest BCUT2D eigenvalue weighted by Gasteiger charge is -2.13.